The van der Waals surface area contributed by atoms with Crippen LogP contribution in [0.5, 0.6) is 5.75 Å². The van der Waals surface area contributed by atoms with Crippen molar-refractivity contribution < 1.29 is 38.6 Å². The minimum Gasteiger partial charge on any atom is -0.497 e. The Labute approximate surface area is 239 Å². The largest absolute Gasteiger partial charge is 0.497 e. The number of aliphatic carboxylic acids is 1. The predicted molar refractivity (Wildman–Crippen MR) is 149 cm³/mol. The molecule has 3 rings (SSSR count). The van der Waals surface area contributed by atoms with E-state index in [1.807, 2.05) is 35.6 Å². The van der Waals surface area contributed by atoms with Crippen LogP contribution in [0.1, 0.15) is 54.4 Å². The second kappa shape index (κ2) is 16.1. The summed E-state index contributed by atoms with van der Waals surface area (Å²) in [5.74, 6) is -3.84. The van der Waals surface area contributed by atoms with E-state index in [2.05, 4.69) is 10.6 Å². The summed E-state index contributed by atoms with van der Waals surface area (Å²) in [6, 6.07) is 13.2. The summed E-state index contributed by atoms with van der Waals surface area (Å²) < 4.78 is 10.8. The third-order valence-corrected chi connectivity index (χ3v) is 6.92. The Hall–Kier alpha value is -4.25. The first kappa shape index (κ1) is 31.3. The molecule has 0 aromatic heterocycles. The van der Waals surface area contributed by atoms with Crippen molar-refractivity contribution in [2.24, 2.45) is 5.92 Å². The van der Waals surface area contributed by atoms with Gasteiger partial charge in [0.15, 0.2) is 0 Å². The third-order valence-electron chi connectivity index (χ3n) is 6.92. The fraction of sp³-hybridized carbons (Fsp3) is 0.433. The Morgan fingerprint density at radius 2 is 1.59 bits per heavy atom. The lowest BCUT2D eigenvalue weighted by molar-refractivity contribution is -0.143. The van der Waals surface area contributed by atoms with E-state index in [0.717, 1.165) is 37.7 Å². The Kier molecular flexibility index (Phi) is 12.3. The number of ketones is 1. The molecule has 1 aliphatic rings. The zero-order valence-electron chi connectivity index (χ0n) is 23.1. The van der Waals surface area contributed by atoms with E-state index in [0.29, 0.717) is 17.7 Å². The molecule has 2 atom stereocenters. The molecule has 1 aliphatic carbocycles. The molecule has 3 amide bonds. The molecule has 220 valence electrons. The zero-order valence-corrected chi connectivity index (χ0v) is 23.1. The number of hydrogen-bond acceptors (Lipinski definition) is 7. The molecule has 1 unspecified atom stereocenters. The van der Waals surface area contributed by atoms with Crippen LogP contribution in [0.4, 0.5) is 0 Å². The van der Waals surface area contributed by atoms with E-state index in [9.17, 15) is 24.0 Å². The van der Waals surface area contributed by atoms with Crippen molar-refractivity contribution in [2.75, 3.05) is 20.3 Å². The molecule has 4 N–H and O–H groups in total. The Morgan fingerprint density at radius 3 is 2.22 bits per heavy atom. The van der Waals surface area contributed by atoms with Gasteiger partial charge in [0.05, 0.1) is 20.3 Å². The molecule has 41 heavy (non-hydrogen) atoms. The third kappa shape index (κ3) is 10.3. The van der Waals surface area contributed by atoms with Gasteiger partial charge >= 0.3 is 5.97 Å². The smallest absolute Gasteiger partial charge is 0.322 e. The molecule has 0 aliphatic heterocycles. The highest BCUT2D eigenvalue weighted by atomic mass is 16.5. The van der Waals surface area contributed by atoms with Gasteiger partial charge in [0, 0.05) is 5.56 Å². The predicted octanol–water partition coefficient (Wildman–Crippen LogP) is 2.24. The molecule has 0 bridgehead atoms. The Bertz CT molecular complexity index is 1180. The van der Waals surface area contributed by atoms with E-state index >= 15 is 0 Å². The van der Waals surface area contributed by atoms with E-state index < -0.39 is 48.1 Å². The normalized spacial score (nSPS) is 14.8. The molecule has 11 nitrogen and oxygen atoms in total. The fourth-order valence-electron chi connectivity index (χ4n) is 4.70. The number of carbonyl (C=O) groups is 5. The molecule has 11 heteroatoms. The van der Waals surface area contributed by atoms with Crippen LogP contribution in [0, 0.1) is 5.92 Å². The van der Waals surface area contributed by atoms with Gasteiger partial charge in [0.2, 0.25) is 11.7 Å². The van der Waals surface area contributed by atoms with Crippen LogP contribution in [0.2, 0.25) is 0 Å². The van der Waals surface area contributed by atoms with Crippen LogP contribution in [-0.2, 0) is 30.5 Å². The quantitative estimate of drug-likeness (QED) is 0.238. The van der Waals surface area contributed by atoms with Crippen molar-refractivity contribution in [1.29, 1.82) is 0 Å². The van der Waals surface area contributed by atoms with Crippen LogP contribution in [-0.4, -0.2) is 66.9 Å². The van der Waals surface area contributed by atoms with Gasteiger partial charge in [0.25, 0.3) is 11.8 Å². The monoisotopic (exact) mass is 567 g/mol. The highest BCUT2D eigenvalue weighted by molar-refractivity contribution is 6.38. The Morgan fingerprint density at radius 1 is 0.902 bits per heavy atom. The molecule has 1 fully saturated rings. The van der Waals surface area contributed by atoms with E-state index in [4.69, 9.17) is 14.6 Å². The van der Waals surface area contributed by atoms with E-state index in [1.54, 1.807) is 24.3 Å². The van der Waals surface area contributed by atoms with Crippen LogP contribution in [0.25, 0.3) is 0 Å². The highest BCUT2D eigenvalue weighted by Gasteiger charge is 2.32. The number of carboxylic acids is 1. The molecule has 0 heterocycles. The summed E-state index contributed by atoms with van der Waals surface area (Å²) in [4.78, 5) is 62.8. The number of ether oxygens (including phenoxy) is 2. The first-order valence-electron chi connectivity index (χ1n) is 13.7. The SMILES string of the molecule is COc1ccc(C(=O)N[C@H](CC2CCCCC2)C(=O)NC(COCc2ccccc2)C(=O)C(=O)NCC(=O)O)cc1. The number of hydrogen-bond donors (Lipinski definition) is 4. The van der Waals surface area contributed by atoms with Crippen molar-refractivity contribution in [3.8, 4) is 5.75 Å². The van der Waals surface area contributed by atoms with Crippen LogP contribution >= 0.6 is 0 Å². The minimum absolute atomic E-state index is 0.122. The second-order valence-electron chi connectivity index (χ2n) is 10.00. The maximum Gasteiger partial charge on any atom is 0.322 e. The average Bonchev–Trinajstić information content (AvgIpc) is 2.99. The number of methoxy groups -OCH3 is 1. The highest BCUT2D eigenvalue weighted by Crippen LogP contribution is 2.27. The standard InChI is InChI=1S/C30H37N3O8/c1-40-23-14-12-22(13-15-23)28(37)32-24(16-20-8-4-2-5-9-20)29(38)33-25(27(36)30(39)31-17-26(34)35)19-41-18-21-10-6-3-7-11-21/h3,6-7,10-15,20,24-25H,2,4-5,8-9,16-19H2,1H3,(H,31,39)(H,32,37)(H,33,38)(H,34,35)/t24-,25?/m1/s1. The summed E-state index contributed by atoms with van der Waals surface area (Å²) >= 11 is 0. The maximum atomic E-state index is 13.5. The van der Waals surface area contributed by atoms with Crippen molar-refractivity contribution >= 4 is 29.5 Å². The zero-order chi connectivity index (χ0) is 29.6. The van der Waals surface area contributed by atoms with Crippen LogP contribution in [0.15, 0.2) is 54.6 Å². The van der Waals surface area contributed by atoms with Gasteiger partial charge in [-0.1, -0.05) is 62.4 Å². The summed E-state index contributed by atoms with van der Waals surface area (Å²) in [5.41, 5.74) is 1.15. The van der Waals surface area contributed by atoms with Crippen molar-refractivity contribution in [2.45, 2.75) is 57.2 Å². The first-order chi connectivity index (χ1) is 19.8. The number of carbonyl (C=O) groups excluding carboxylic acids is 4. The average molecular weight is 568 g/mol. The lowest BCUT2D eigenvalue weighted by Crippen LogP contribution is -2.56. The molecule has 0 spiro atoms. The van der Waals surface area contributed by atoms with Gasteiger partial charge in [-0.3, -0.25) is 24.0 Å². The molecular formula is C30H37N3O8. The molecule has 1 saturated carbocycles. The second-order valence-corrected chi connectivity index (χ2v) is 10.00. The van der Waals surface area contributed by atoms with Gasteiger partial charge in [0.1, 0.15) is 24.4 Å². The van der Waals surface area contributed by atoms with Gasteiger partial charge in [-0.15, -0.1) is 0 Å². The fourth-order valence-corrected chi connectivity index (χ4v) is 4.70. The number of Topliss-reactive ketones (excluding diaryl/α,β-unsaturated/α-hetero) is 1. The van der Waals surface area contributed by atoms with Crippen molar-refractivity contribution in [1.82, 2.24) is 16.0 Å². The van der Waals surface area contributed by atoms with E-state index in [1.165, 1.54) is 7.11 Å². The molecule has 0 radical (unpaired) electrons. The molecule has 0 saturated heterocycles. The first-order valence-corrected chi connectivity index (χ1v) is 13.7. The molecular weight excluding hydrogens is 530 g/mol. The summed E-state index contributed by atoms with van der Waals surface area (Å²) in [6.45, 7) is -0.961. The number of amides is 3. The molecule has 2 aromatic carbocycles. The van der Waals surface area contributed by atoms with Gasteiger partial charge in [-0.05, 0) is 42.2 Å². The van der Waals surface area contributed by atoms with Gasteiger partial charge < -0.3 is 30.5 Å². The summed E-state index contributed by atoms with van der Waals surface area (Å²) in [5, 5.41) is 16.3. The van der Waals surface area contributed by atoms with Crippen molar-refractivity contribution in [3.05, 3.63) is 65.7 Å². The molecule has 2 aromatic rings. The number of nitrogens with one attached hydrogen (secondary N) is 3. The summed E-state index contributed by atoms with van der Waals surface area (Å²) in [6.07, 6.45) is 5.38. The number of benzene rings is 2. The van der Waals surface area contributed by atoms with Gasteiger partial charge in [-0.2, -0.15) is 0 Å². The number of rotatable bonds is 15. The van der Waals surface area contributed by atoms with Crippen molar-refractivity contribution in [3.63, 3.8) is 0 Å². The summed E-state index contributed by atoms with van der Waals surface area (Å²) in [7, 11) is 1.52. The maximum absolute atomic E-state index is 13.5. The van der Waals surface area contributed by atoms with Crippen LogP contribution < -0.4 is 20.7 Å². The lowest BCUT2D eigenvalue weighted by Gasteiger charge is -2.28. The topological polar surface area (TPSA) is 160 Å². The minimum atomic E-state index is -1.40. The van der Waals surface area contributed by atoms with Gasteiger partial charge in [-0.25, -0.2) is 0 Å². The lowest BCUT2D eigenvalue weighted by atomic mass is 9.84. The Balaban J connectivity index is 1.75. The van der Waals surface area contributed by atoms with E-state index in [-0.39, 0.29) is 19.1 Å². The number of carboxylic acid groups (broad SMARTS) is 1. The van der Waals surface area contributed by atoms with Crippen LogP contribution in [0.3, 0.4) is 0 Å².